The zero-order valence-electron chi connectivity index (χ0n) is 18.4. The number of rotatable bonds is 8. The van der Waals surface area contributed by atoms with Gasteiger partial charge in [0.15, 0.2) is 0 Å². The highest BCUT2D eigenvalue weighted by molar-refractivity contribution is 8.00. The smallest absolute Gasteiger partial charge is 0.248 e. The number of carbonyl (C=O) groups is 3. The van der Waals surface area contributed by atoms with Crippen LogP contribution < -0.4 is 16.0 Å². The molecule has 0 fully saturated rings. The summed E-state index contributed by atoms with van der Waals surface area (Å²) in [4.78, 5) is 36.6. The summed E-state index contributed by atoms with van der Waals surface area (Å²) in [5, 5.41) is 8.06. The molecule has 7 heteroatoms. The van der Waals surface area contributed by atoms with E-state index in [1.807, 2.05) is 61.5 Å². The van der Waals surface area contributed by atoms with Crippen molar-refractivity contribution in [2.45, 2.75) is 24.0 Å². The van der Waals surface area contributed by atoms with Crippen LogP contribution in [-0.4, -0.2) is 23.0 Å². The third-order valence-corrected chi connectivity index (χ3v) is 5.62. The summed E-state index contributed by atoms with van der Waals surface area (Å²) in [6.45, 7) is 3.27. The minimum atomic E-state index is -0.325. The van der Waals surface area contributed by atoms with Gasteiger partial charge in [-0.2, -0.15) is 0 Å². The van der Waals surface area contributed by atoms with E-state index < -0.39 is 0 Å². The summed E-state index contributed by atoms with van der Waals surface area (Å²) < 4.78 is 0. The Morgan fingerprint density at radius 3 is 1.91 bits per heavy atom. The van der Waals surface area contributed by atoms with Crippen LogP contribution in [0.5, 0.6) is 0 Å². The predicted octanol–water partition coefficient (Wildman–Crippen LogP) is 5.42. The second-order valence-electron chi connectivity index (χ2n) is 7.27. The Morgan fingerprint density at radius 2 is 1.30 bits per heavy atom. The molecule has 0 spiro atoms. The molecule has 0 aliphatic rings. The van der Waals surface area contributed by atoms with E-state index in [0.717, 1.165) is 10.5 Å². The Kier molecular flexibility index (Phi) is 8.43. The molecule has 6 nitrogen and oxygen atoms in total. The summed E-state index contributed by atoms with van der Waals surface area (Å²) >= 11 is 1.42. The highest BCUT2D eigenvalue weighted by Gasteiger charge is 2.15. The van der Waals surface area contributed by atoms with E-state index in [1.54, 1.807) is 30.3 Å². The molecule has 3 rings (SSSR count). The standard InChI is InChI=1S/C26H25N3O3S/c1-18(26(32)29-23-11-9-21(10-12-23)27-19(2)30)33-24-15-13-22(14-16-24)28-25(31)17-8-20-6-4-3-5-7-20/h3-18H,1-2H3,(H,27,30)(H,28,31)(H,29,32)/b17-8+. The molecule has 0 bridgehead atoms. The Morgan fingerprint density at radius 1 is 0.758 bits per heavy atom. The molecular weight excluding hydrogens is 434 g/mol. The van der Waals surface area contributed by atoms with Gasteiger partial charge in [0, 0.05) is 35.0 Å². The van der Waals surface area contributed by atoms with E-state index in [0.29, 0.717) is 17.1 Å². The normalized spacial score (nSPS) is 11.6. The molecule has 1 atom stereocenters. The van der Waals surface area contributed by atoms with Crippen molar-refractivity contribution >= 4 is 52.6 Å². The Labute approximate surface area is 197 Å². The highest BCUT2D eigenvalue weighted by atomic mass is 32.2. The van der Waals surface area contributed by atoms with E-state index >= 15 is 0 Å². The molecule has 1 unspecified atom stereocenters. The average molecular weight is 460 g/mol. The fourth-order valence-corrected chi connectivity index (χ4v) is 3.75. The largest absolute Gasteiger partial charge is 0.326 e. The van der Waals surface area contributed by atoms with Crippen LogP contribution in [0.2, 0.25) is 0 Å². The van der Waals surface area contributed by atoms with Gasteiger partial charge in [-0.1, -0.05) is 30.3 Å². The van der Waals surface area contributed by atoms with E-state index in [4.69, 9.17) is 0 Å². The third kappa shape index (κ3) is 7.97. The molecule has 33 heavy (non-hydrogen) atoms. The molecule has 3 aromatic carbocycles. The lowest BCUT2D eigenvalue weighted by Crippen LogP contribution is -2.22. The number of thioether (sulfide) groups is 1. The van der Waals surface area contributed by atoms with Crippen LogP contribution in [0, 0.1) is 0 Å². The fraction of sp³-hybridized carbons (Fsp3) is 0.115. The van der Waals surface area contributed by atoms with Gasteiger partial charge in [0.2, 0.25) is 17.7 Å². The van der Waals surface area contributed by atoms with Crippen molar-refractivity contribution in [3.8, 4) is 0 Å². The van der Waals surface area contributed by atoms with E-state index in [1.165, 1.54) is 24.8 Å². The van der Waals surface area contributed by atoms with E-state index in [-0.39, 0.29) is 23.0 Å². The number of amides is 3. The van der Waals surface area contributed by atoms with Gasteiger partial charge in [-0.25, -0.2) is 0 Å². The van der Waals surface area contributed by atoms with E-state index in [2.05, 4.69) is 16.0 Å². The monoisotopic (exact) mass is 459 g/mol. The third-order valence-electron chi connectivity index (χ3n) is 4.50. The highest BCUT2D eigenvalue weighted by Crippen LogP contribution is 2.26. The fourth-order valence-electron chi connectivity index (χ4n) is 2.88. The minimum Gasteiger partial charge on any atom is -0.326 e. The molecule has 0 saturated carbocycles. The first-order valence-electron chi connectivity index (χ1n) is 10.4. The van der Waals surface area contributed by atoms with Crippen molar-refractivity contribution in [2.75, 3.05) is 16.0 Å². The van der Waals surface area contributed by atoms with Crippen LogP contribution in [0.15, 0.2) is 89.8 Å². The summed E-state index contributed by atoms with van der Waals surface area (Å²) in [6, 6.07) is 23.9. The SMILES string of the molecule is CC(=O)Nc1ccc(NC(=O)C(C)Sc2ccc(NC(=O)/C=C/c3ccccc3)cc2)cc1. The number of anilines is 3. The molecule has 0 aliphatic carbocycles. The lowest BCUT2D eigenvalue weighted by atomic mass is 10.2. The summed E-state index contributed by atoms with van der Waals surface area (Å²) in [5.74, 6) is -0.488. The Balaban J connectivity index is 1.49. The first-order chi connectivity index (χ1) is 15.9. The van der Waals surface area contributed by atoms with Crippen LogP contribution in [0.4, 0.5) is 17.1 Å². The predicted molar refractivity (Wildman–Crippen MR) is 135 cm³/mol. The van der Waals surface area contributed by atoms with Crippen molar-refractivity contribution in [3.05, 3.63) is 90.5 Å². The minimum absolute atomic E-state index is 0.129. The molecule has 0 saturated heterocycles. The Bertz CT molecular complexity index is 1130. The van der Waals surface area contributed by atoms with Crippen LogP contribution in [0.3, 0.4) is 0 Å². The zero-order chi connectivity index (χ0) is 23.6. The first-order valence-corrected chi connectivity index (χ1v) is 11.3. The molecule has 3 aromatic rings. The van der Waals surface area contributed by atoms with Gasteiger partial charge in [0.1, 0.15) is 0 Å². The van der Waals surface area contributed by atoms with Gasteiger partial charge >= 0.3 is 0 Å². The van der Waals surface area contributed by atoms with Gasteiger partial charge in [-0.15, -0.1) is 11.8 Å². The van der Waals surface area contributed by atoms with Crippen LogP contribution in [-0.2, 0) is 14.4 Å². The molecule has 0 radical (unpaired) electrons. The summed E-state index contributed by atoms with van der Waals surface area (Å²) in [5.41, 5.74) is 2.96. The number of hydrogen-bond acceptors (Lipinski definition) is 4. The van der Waals surface area contributed by atoms with Gasteiger partial charge in [0.05, 0.1) is 5.25 Å². The number of carbonyl (C=O) groups excluding carboxylic acids is 3. The van der Waals surface area contributed by atoms with Gasteiger partial charge in [-0.3, -0.25) is 14.4 Å². The van der Waals surface area contributed by atoms with Crippen LogP contribution in [0.25, 0.3) is 6.08 Å². The quantitative estimate of drug-likeness (QED) is 0.310. The van der Waals surface area contributed by atoms with Crippen molar-refractivity contribution in [1.29, 1.82) is 0 Å². The summed E-state index contributed by atoms with van der Waals surface area (Å²) in [7, 11) is 0. The molecule has 168 valence electrons. The van der Waals surface area contributed by atoms with Crippen molar-refractivity contribution in [1.82, 2.24) is 0 Å². The van der Waals surface area contributed by atoms with Crippen molar-refractivity contribution in [3.63, 3.8) is 0 Å². The van der Waals surface area contributed by atoms with Crippen LogP contribution in [0.1, 0.15) is 19.4 Å². The topological polar surface area (TPSA) is 87.3 Å². The summed E-state index contributed by atoms with van der Waals surface area (Å²) in [6.07, 6.45) is 3.25. The molecule has 0 aromatic heterocycles. The van der Waals surface area contributed by atoms with Gasteiger partial charge in [0.25, 0.3) is 0 Å². The van der Waals surface area contributed by atoms with Crippen molar-refractivity contribution in [2.24, 2.45) is 0 Å². The van der Waals surface area contributed by atoms with E-state index in [9.17, 15) is 14.4 Å². The lowest BCUT2D eigenvalue weighted by molar-refractivity contribution is -0.115. The number of hydrogen-bond donors (Lipinski definition) is 3. The van der Waals surface area contributed by atoms with Crippen LogP contribution >= 0.6 is 11.8 Å². The maximum atomic E-state index is 12.5. The number of nitrogens with one attached hydrogen (secondary N) is 3. The zero-order valence-corrected chi connectivity index (χ0v) is 19.2. The second-order valence-corrected chi connectivity index (χ2v) is 8.68. The molecule has 3 N–H and O–H groups in total. The Hall–Kier alpha value is -3.84. The molecule has 0 aliphatic heterocycles. The van der Waals surface area contributed by atoms with Crippen molar-refractivity contribution < 1.29 is 14.4 Å². The van der Waals surface area contributed by atoms with Gasteiger partial charge < -0.3 is 16.0 Å². The maximum Gasteiger partial charge on any atom is 0.248 e. The lowest BCUT2D eigenvalue weighted by Gasteiger charge is -2.13. The average Bonchev–Trinajstić information content (AvgIpc) is 2.80. The first kappa shape index (κ1) is 23.8. The molecule has 3 amide bonds. The molecule has 0 heterocycles. The number of benzene rings is 3. The second kappa shape index (κ2) is 11.7. The van der Waals surface area contributed by atoms with Gasteiger partial charge in [-0.05, 0) is 67.1 Å². The molecular formula is C26H25N3O3S. The maximum absolute atomic E-state index is 12.5.